The van der Waals surface area contributed by atoms with Crippen LogP contribution in [0.1, 0.15) is 52.9 Å². The van der Waals surface area contributed by atoms with Gasteiger partial charge in [-0.1, -0.05) is 40.0 Å². The Morgan fingerprint density at radius 2 is 1.53 bits per heavy atom. The van der Waals surface area contributed by atoms with Crippen molar-refractivity contribution >= 4 is 11.9 Å². The number of rotatable bonds is 9. The van der Waals surface area contributed by atoms with E-state index in [0.717, 1.165) is 19.3 Å². The van der Waals surface area contributed by atoms with E-state index < -0.39 is 11.9 Å². The van der Waals surface area contributed by atoms with Crippen molar-refractivity contribution in [2.24, 2.45) is 17.8 Å². The Labute approximate surface area is 103 Å². The molecule has 3 atom stereocenters. The van der Waals surface area contributed by atoms with Crippen LogP contribution in [-0.4, -0.2) is 22.2 Å². The van der Waals surface area contributed by atoms with Gasteiger partial charge in [-0.2, -0.15) is 0 Å². The van der Waals surface area contributed by atoms with Crippen LogP contribution in [0, 0.1) is 17.8 Å². The molecule has 100 valence electrons. The molecule has 0 aromatic rings. The third-order valence-electron chi connectivity index (χ3n) is 3.36. The summed E-state index contributed by atoms with van der Waals surface area (Å²) in [4.78, 5) is 21.4. The van der Waals surface area contributed by atoms with E-state index >= 15 is 0 Å². The topological polar surface area (TPSA) is 74.6 Å². The van der Waals surface area contributed by atoms with Crippen LogP contribution in [0.3, 0.4) is 0 Å². The average molecular weight is 244 g/mol. The SMILES string of the molecule is CCC(CCCC(C)C(=O)O)CC(C)C(=O)O. The zero-order valence-corrected chi connectivity index (χ0v) is 11.0. The minimum Gasteiger partial charge on any atom is -0.481 e. The van der Waals surface area contributed by atoms with Crippen LogP contribution in [0.5, 0.6) is 0 Å². The van der Waals surface area contributed by atoms with E-state index in [2.05, 4.69) is 6.92 Å². The van der Waals surface area contributed by atoms with Gasteiger partial charge in [0.05, 0.1) is 11.8 Å². The Morgan fingerprint density at radius 1 is 1.00 bits per heavy atom. The van der Waals surface area contributed by atoms with Crippen molar-refractivity contribution in [3.05, 3.63) is 0 Å². The molecule has 17 heavy (non-hydrogen) atoms. The highest BCUT2D eigenvalue weighted by Gasteiger charge is 2.18. The van der Waals surface area contributed by atoms with Crippen LogP contribution < -0.4 is 0 Å². The molecular formula is C13H24O4. The highest BCUT2D eigenvalue weighted by atomic mass is 16.4. The van der Waals surface area contributed by atoms with Crippen molar-refractivity contribution in [1.29, 1.82) is 0 Å². The first-order chi connectivity index (χ1) is 7.88. The fraction of sp³-hybridized carbons (Fsp3) is 0.846. The van der Waals surface area contributed by atoms with Crippen molar-refractivity contribution in [1.82, 2.24) is 0 Å². The highest BCUT2D eigenvalue weighted by molar-refractivity contribution is 5.69. The molecule has 0 aliphatic heterocycles. The maximum atomic E-state index is 10.7. The van der Waals surface area contributed by atoms with Crippen molar-refractivity contribution < 1.29 is 19.8 Å². The first-order valence-electron chi connectivity index (χ1n) is 6.34. The van der Waals surface area contributed by atoms with Gasteiger partial charge in [0, 0.05) is 0 Å². The van der Waals surface area contributed by atoms with Crippen LogP contribution in [-0.2, 0) is 9.59 Å². The average Bonchev–Trinajstić information content (AvgIpc) is 2.26. The minimum absolute atomic E-state index is 0.301. The largest absolute Gasteiger partial charge is 0.481 e. The lowest BCUT2D eigenvalue weighted by Crippen LogP contribution is -2.15. The molecular weight excluding hydrogens is 220 g/mol. The summed E-state index contributed by atoms with van der Waals surface area (Å²) in [5, 5.41) is 17.6. The van der Waals surface area contributed by atoms with Gasteiger partial charge < -0.3 is 10.2 Å². The molecule has 0 spiro atoms. The lowest BCUT2D eigenvalue weighted by molar-refractivity contribution is -0.142. The van der Waals surface area contributed by atoms with Crippen molar-refractivity contribution in [3.63, 3.8) is 0 Å². The summed E-state index contributed by atoms with van der Waals surface area (Å²) >= 11 is 0. The first kappa shape index (κ1) is 15.9. The standard InChI is InChI=1S/C13H24O4/c1-4-11(8-10(3)13(16)17)7-5-6-9(2)12(14)15/h9-11H,4-8H2,1-3H3,(H,14,15)(H,16,17). The molecule has 0 bridgehead atoms. The summed E-state index contributed by atoms with van der Waals surface area (Å²) in [7, 11) is 0. The summed E-state index contributed by atoms with van der Waals surface area (Å²) < 4.78 is 0. The van der Waals surface area contributed by atoms with E-state index in [1.54, 1.807) is 13.8 Å². The van der Waals surface area contributed by atoms with Gasteiger partial charge in [0.15, 0.2) is 0 Å². The Morgan fingerprint density at radius 3 is 1.94 bits per heavy atom. The summed E-state index contributed by atoms with van der Waals surface area (Å²) in [6.07, 6.45) is 4.10. The van der Waals surface area contributed by atoms with E-state index in [1.165, 1.54) is 0 Å². The number of hydrogen-bond donors (Lipinski definition) is 2. The van der Waals surface area contributed by atoms with E-state index in [-0.39, 0.29) is 11.8 Å². The maximum absolute atomic E-state index is 10.7. The third kappa shape index (κ3) is 6.97. The Balaban J connectivity index is 3.90. The second kappa shape index (κ2) is 8.09. The second-order valence-electron chi connectivity index (χ2n) is 4.92. The fourth-order valence-electron chi connectivity index (χ4n) is 1.93. The third-order valence-corrected chi connectivity index (χ3v) is 3.36. The van der Waals surface area contributed by atoms with Gasteiger partial charge in [0.1, 0.15) is 0 Å². The lowest BCUT2D eigenvalue weighted by Gasteiger charge is -2.17. The summed E-state index contributed by atoms with van der Waals surface area (Å²) in [5.41, 5.74) is 0. The number of carboxylic acids is 2. The highest BCUT2D eigenvalue weighted by Crippen LogP contribution is 2.22. The summed E-state index contributed by atoms with van der Waals surface area (Å²) in [6.45, 7) is 5.49. The zero-order valence-electron chi connectivity index (χ0n) is 11.0. The fourth-order valence-corrected chi connectivity index (χ4v) is 1.93. The molecule has 0 rings (SSSR count). The molecule has 0 saturated carbocycles. The van der Waals surface area contributed by atoms with Crippen molar-refractivity contribution in [2.75, 3.05) is 0 Å². The molecule has 0 saturated heterocycles. The van der Waals surface area contributed by atoms with Gasteiger partial charge >= 0.3 is 11.9 Å². The normalized spacial score (nSPS) is 16.2. The molecule has 0 aliphatic rings. The number of carboxylic acid groups (broad SMARTS) is 2. The maximum Gasteiger partial charge on any atom is 0.306 e. The molecule has 3 unspecified atom stereocenters. The molecule has 0 amide bonds. The zero-order chi connectivity index (χ0) is 13.4. The van der Waals surface area contributed by atoms with Gasteiger partial charge in [-0.3, -0.25) is 9.59 Å². The quantitative estimate of drug-likeness (QED) is 0.653. The lowest BCUT2D eigenvalue weighted by atomic mass is 9.88. The van der Waals surface area contributed by atoms with Crippen molar-refractivity contribution in [3.8, 4) is 0 Å². The monoisotopic (exact) mass is 244 g/mol. The first-order valence-corrected chi connectivity index (χ1v) is 6.34. The summed E-state index contributed by atoms with van der Waals surface area (Å²) in [5.74, 6) is -1.72. The Bertz CT molecular complexity index is 250. The minimum atomic E-state index is -0.753. The Kier molecular flexibility index (Phi) is 7.59. The number of hydrogen-bond acceptors (Lipinski definition) is 2. The number of carbonyl (C=O) groups is 2. The van der Waals surface area contributed by atoms with Crippen LogP contribution in [0.4, 0.5) is 0 Å². The predicted molar refractivity (Wildman–Crippen MR) is 65.8 cm³/mol. The van der Waals surface area contributed by atoms with Gasteiger partial charge in [0.2, 0.25) is 0 Å². The Hall–Kier alpha value is -1.06. The van der Waals surface area contributed by atoms with Gasteiger partial charge in [-0.25, -0.2) is 0 Å². The molecule has 4 heteroatoms. The molecule has 0 heterocycles. The smallest absolute Gasteiger partial charge is 0.306 e. The van der Waals surface area contributed by atoms with Crippen LogP contribution >= 0.6 is 0 Å². The molecule has 0 fully saturated rings. The van der Waals surface area contributed by atoms with Gasteiger partial charge in [-0.05, 0) is 18.8 Å². The number of aliphatic carboxylic acids is 2. The second-order valence-corrected chi connectivity index (χ2v) is 4.92. The molecule has 0 aromatic carbocycles. The van der Waals surface area contributed by atoms with Crippen LogP contribution in [0.25, 0.3) is 0 Å². The summed E-state index contributed by atoms with van der Waals surface area (Å²) in [6, 6.07) is 0. The van der Waals surface area contributed by atoms with E-state index in [4.69, 9.17) is 10.2 Å². The van der Waals surface area contributed by atoms with Crippen LogP contribution in [0.2, 0.25) is 0 Å². The van der Waals surface area contributed by atoms with Crippen LogP contribution in [0.15, 0.2) is 0 Å². The molecule has 4 nitrogen and oxygen atoms in total. The molecule has 0 radical (unpaired) electrons. The van der Waals surface area contributed by atoms with E-state index in [9.17, 15) is 9.59 Å². The van der Waals surface area contributed by atoms with Gasteiger partial charge in [-0.15, -0.1) is 0 Å². The molecule has 0 aromatic heterocycles. The van der Waals surface area contributed by atoms with Crippen molar-refractivity contribution in [2.45, 2.75) is 52.9 Å². The van der Waals surface area contributed by atoms with Gasteiger partial charge in [0.25, 0.3) is 0 Å². The molecule has 2 N–H and O–H groups in total. The van der Waals surface area contributed by atoms with E-state index in [0.29, 0.717) is 18.8 Å². The predicted octanol–water partition coefficient (Wildman–Crippen LogP) is 3.01. The van der Waals surface area contributed by atoms with E-state index in [1.807, 2.05) is 0 Å². The molecule has 0 aliphatic carbocycles.